The molecule has 0 aliphatic rings. The molecule has 142 valence electrons. The molecule has 2 aromatic heterocycles. The second-order valence-electron chi connectivity index (χ2n) is 5.05. The Morgan fingerprint density at radius 3 is 2.54 bits per heavy atom. The summed E-state index contributed by atoms with van der Waals surface area (Å²) in [7, 11) is 1.44. The first-order valence-corrected chi connectivity index (χ1v) is 7.37. The van der Waals surface area contributed by atoms with Crippen molar-refractivity contribution in [2.75, 3.05) is 11.9 Å². The number of halogens is 4. The molecule has 2 rings (SSSR count). The minimum Gasteiger partial charge on any atom is -0.462 e. The number of aromatic nitrogens is 4. The van der Waals surface area contributed by atoms with Gasteiger partial charge in [0.2, 0.25) is 5.91 Å². The van der Waals surface area contributed by atoms with E-state index in [-0.39, 0.29) is 18.0 Å². The number of carbonyl (C=O) groups is 2. The van der Waals surface area contributed by atoms with Crippen LogP contribution in [0.25, 0.3) is 0 Å². The van der Waals surface area contributed by atoms with Gasteiger partial charge in [0.05, 0.1) is 12.8 Å². The zero-order valence-corrected chi connectivity index (χ0v) is 13.7. The molecule has 1 amide bonds. The fraction of sp³-hybridized carbons (Fsp3) is 0.429. The van der Waals surface area contributed by atoms with E-state index in [1.807, 2.05) is 0 Å². The van der Waals surface area contributed by atoms with Crippen LogP contribution in [0, 0.1) is 0 Å². The number of hydrogen-bond donors (Lipinski definition) is 1. The lowest BCUT2D eigenvalue weighted by atomic mass is 10.3. The second kappa shape index (κ2) is 7.97. The highest BCUT2D eigenvalue weighted by Crippen LogP contribution is 2.25. The van der Waals surface area contributed by atoms with Crippen LogP contribution in [0.3, 0.4) is 0 Å². The third-order valence-corrected chi connectivity index (χ3v) is 3.26. The summed E-state index contributed by atoms with van der Waals surface area (Å²) in [5, 5.41) is 9.45. The Morgan fingerprint density at radius 2 is 1.96 bits per heavy atom. The number of carbonyl (C=O) groups excluding carboxylic acids is 2. The van der Waals surface area contributed by atoms with Crippen molar-refractivity contribution in [2.45, 2.75) is 26.3 Å². The Balaban J connectivity index is 2.20. The molecule has 2 heterocycles. The Bertz CT molecular complexity index is 803. The molecule has 0 bridgehead atoms. The third kappa shape index (κ3) is 4.18. The number of anilines is 1. The van der Waals surface area contributed by atoms with Gasteiger partial charge in [0.1, 0.15) is 29.3 Å². The zero-order chi connectivity index (χ0) is 19.4. The summed E-state index contributed by atoms with van der Waals surface area (Å²) in [4.78, 5) is 23.9. The lowest BCUT2D eigenvalue weighted by Crippen LogP contribution is -2.23. The molecule has 2 aromatic rings. The van der Waals surface area contributed by atoms with Gasteiger partial charge in [-0.1, -0.05) is 0 Å². The smallest absolute Gasteiger partial charge is 0.343 e. The first kappa shape index (κ1) is 19.4. The number of hydrogen-bond acceptors (Lipinski definition) is 5. The Hall–Kier alpha value is -2.92. The molecule has 0 fully saturated rings. The van der Waals surface area contributed by atoms with Crippen LogP contribution in [0.1, 0.15) is 41.5 Å². The van der Waals surface area contributed by atoms with Gasteiger partial charge in [-0.2, -0.15) is 10.2 Å². The van der Waals surface area contributed by atoms with Crippen molar-refractivity contribution < 1.29 is 31.9 Å². The maximum atomic E-state index is 12.9. The van der Waals surface area contributed by atoms with Crippen LogP contribution in [0.15, 0.2) is 12.3 Å². The van der Waals surface area contributed by atoms with Gasteiger partial charge in [-0.25, -0.2) is 22.4 Å². The van der Waals surface area contributed by atoms with Gasteiger partial charge in [0.15, 0.2) is 0 Å². The monoisotopic (exact) mass is 377 g/mol. The first-order chi connectivity index (χ1) is 12.2. The summed E-state index contributed by atoms with van der Waals surface area (Å²) < 4.78 is 57.7. The summed E-state index contributed by atoms with van der Waals surface area (Å²) >= 11 is 0. The van der Waals surface area contributed by atoms with Crippen molar-refractivity contribution in [3.8, 4) is 0 Å². The average molecular weight is 377 g/mol. The highest BCUT2D eigenvalue weighted by Gasteiger charge is 2.24. The maximum absolute atomic E-state index is 12.9. The summed E-state index contributed by atoms with van der Waals surface area (Å²) in [5.74, 6) is -1.61. The molecule has 0 atom stereocenters. The van der Waals surface area contributed by atoms with E-state index in [0.29, 0.717) is 10.7 Å². The van der Waals surface area contributed by atoms with Crippen molar-refractivity contribution in [1.29, 1.82) is 0 Å². The molecular weight excluding hydrogens is 362 g/mol. The van der Waals surface area contributed by atoms with Crippen LogP contribution >= 0.6 is 0 Å². The third-order valence-electron chi connectivity index (χ3n) is 3.26. The summed E-state index contributed by atoms with van der Waals surface area (Å²) in [5.41, 5.74) is -1.71. The van der Waals surface area contributed by atoms with E-state index < -0.39 is 42.7 Å². The first-order valence-electron chi connectivity index (χ1n) is 7.37. The molecule has 0 radical (unpaired) electrons. The highest BCUT2D eigenvalue weighted by atomic mass is 19.3. The SMILES string of the molecule is CCOC(=O)c1cnn(C)c1NC(=O)Cn1nc(C(F)F)cc1C(F)F. The van der Waals surface area contributed by atoms with Crippen LogP contribution < -0.4 is 5.32 Å². The van der Waals surface area contributed by atoms with E-state index in [0.717, 1.165) is 0 Å². The largest absolute Gasteiger partial charge is 0.462 e. The number of nitrogens with one attached hydrogen (secondary N) is 1. The zero-order valence-electron chi connectivity index (χ0n) is 13.7. The average Bonchev–Trinajstić information content (AvgIpc) is 3.12. The molecule has 8 nitrogen and oxygen atoms in total. The molecular formula is C14H15F4N5O3. The van der Waals surface area contributed by atoms with E-state index in [2.05, 4.69) is 15.5 Å². The molecule has 0 saturated carbocycles. The molecule has 0 aliphatic carbocycles. The topological polar surface area (TPSA) is 91.0 Å². The minimum absolute atomic E-state index is 0.0201. The normalized spacial score (nSPS) is 11.2. The van der Waals surface area contributed by atoms with E-state index in [4.69, 9.17) is 4.74 Å². The molecule has 0 saturated heterocycles. The molecule has 26 heavy (non-hydrogen) atoms. The number of esters is 1. The second-order valence-corrected chi connectivity index (χ2v) is 5.05. The number of aryl methyl sites for hydroxylation is 1. The number of amides is 1. The predicted octanol–water partition coefficient (Wildman–Crippen LogP) is 2.31. The van der Waals surface area contributed by atoms with Crippen molar-refractivity contribution in [1.82, 2.24) is 19.6 Å². The summed E-state index contributed by atoms with van der Waals surface area (Å²) in [6.07, 6.45) is -4.97. The van der Waals surface area contributed by atoms with E-state index in [1.54, 1.807) is 6.92 Å². The Kier molecular flexibility index (Phi) is 5.95. The standard InChI is InChI=1S/C14H15F4N5O3/c1-3-26-14(25)7-5-19-22(2)13(7)20-10(24)6-23-9(12(17)18)4-8(21-23)11(15)16/h4-5,11-12H,3,6H2,1-2H3,(H,20,24). The van der Waals surface area contributed by atoms with Gasteiger partial charge in [-0.15, -0.1) is 0 Å². The summed E-state index contributed by atoms with van der Waals surface area (Å²) in [6.45, 7) is 0.944. The minimum atomic E-state index is -3.09. The fourth-order valence-electron chi connectivity index (χ4n) is 2.11. The lowest BCUT2D eigenvalue weighted by molar-refractivity contribution is -0.117. The van der Waals surface area contributed by atoms with Crippen LogP contribution in [0.4, 0.5) is 23.4 Å². The van der Waals surface area contributed by atoms with Crippen LogP contribution in [0.5, 0.6) is 0 Å². The van der Waals surface area contributed by atoms with Gasteiger partial charge in [-0.05, 0) is 13.0 Å². The molecule has 1 N–H and O–H groups in total. The highest BCUT2D eigenvalue weighted by molar-refractivity contribution is 6.00. The molecule has 0 spiro atoms. The lowest BCUT2D eigenvalue weighted by Gasteiger charge is -2.10. The van der Waals surface area contributed by atoms with E-state index in [9.17, 15) is 27.2 Å². The molecule has 0 unspecified atom stereocenters. The molecule has 0 aliphatic heterocycles. The van der Waals surface area contributed by atoms with E-state index >= 15 is 0 Å². The van der Waals surface area contributed by atoms with Crippen molar-refractivity contribution in [2.24, 2.45) is 7.05 Å². The quantitative estimate of drug-likeness (QED) is 0.591. The van der Waals surface area contributed by atoms with Crippen molar-refractivity contribution >= 4 is 17.7 Å². The van der Waals surface area contributed by atoms with Crippen LogP contribution in [-0.4, -0.2) is 38.0 Å². The van der Waals surface area contributed by atoms with Gasteiger partial charge < -0.3 is 10.1 Å². The number of alkyl halides is 4. The van der Waals surface area contributed by atoms with Gasteiger partial charge in [0, 0.05) is 7.05 Å². The van der Waals surface area contributed by atoms with Gasteiger partial charge >= 0.3 is 5.97 Å². The predicted molar refractivity (Wildman–Crippen MR) is 79.9 cm³/mol. The molecule has 12 heteroatoms. The van der Waals surface area contributed by atoms with Crippen LogP contribution in [0.2, 0.25) is 0 Å². The van der Waals surface area contributed by atoms with E-state index in [1.165, 1.54) is 17.9 Å². The number of nitrogens with zero attached hydrogens (tertiary/aromatic N) is 4. The Labute approximate surface area is 144 Å². The summed E-state index contributed by atoms with van der Waals surface area (Å²) in [6, 6.07) is 0.538. The van der Waals surface area contributed by atoms with Crippen molar-refractivity contribution in [3.05, 3.63) is 29.2 Å². The maximum Gasteiger partial charge on any atom is 0.343 e. The van der Waals surface area contributed by atoms with Crippen LogP contribution in [-0.2, 0) is 23.1 Å². The number of rotatable bonds is 7. The van der Waals surface area contributed by atoms with Gasteiger partial charge in [0.25, 0.3) is 12.9 Å². The fourth-order valence-corrected chi connectivity index (χ4v) is 2.11. The molecule has 0 aromatic carbocycles. The number of ether oxygens (including phenoxy) is 1. The van der Waals surface area contributed by atoms with Crippen molar-refractivity contribution in [3.63, 3.8) is 0 Å². The Morgan fingerprint density at radius 1 is 1.27 bits per heavy atom. The van der Waals surface area contributed by atoms with Gasteiger partial charge in [-0.3, -0.25) is 14.2 Å².